The van der Waals surface area contributed by atoms with Crippen LogP contribution in [0.4, 0.5) is 18.9 Å². The average molecular weight is 499 g/mol. The quantitative estimate of drug-likeness (QED) is 0.308. The molecule has 0 aliphatic heterocycles. The van der Waals surface area contributed by atoms with E-state index in [1.807, 2.05) is 6.92 Å². The standard InChI is InChI=1S/C25H21F3N4O2S/c1-3-34-17-13-11-16(12-14-17)23-30-31-25(32(23)21-10-5-4-7-18(21)26)35-15(2)24(33)29-22-19(27)8-6-9-20(22)28/h4-15H,3H2,1-2H3,(H,29,33). The van der Waals surface area contributed by atoms with Crippen molar-refractivity contribution in [2.45, 2.75) is 24.3 Å². The highest BCUT2D eigenvalue weighted by atomic mass is 32.2. The molecule has 4 rings (SSSR count). The summed E-state index contributed by atoms with van der Waals surface area (Å²) in [5, 5.41) is 10.1. The molecule has 0 radical (unpaired) electrons. The number of thioether (sulfide) groups is 1. The average Bonchev–Trinajstić information content (AvgIpc) is 3.25. The maximum Gasteiger partial charge on any atom is 0.237 e. The van der Waals surface area contributed by atoms with Gasteiger partial charge in [-0.15, -0.1) is 10.2 Å². The molecule has 1 aromatic heterocycles. The Kier molecular flexibility index (Phi) is 7.40. The molecule has 1 heterocycles. The van der Waals surface area contributed by atoms with Crippen molar-refractivity contribution in [2.24, 2.45) is 0 Å². The minimum Gasteiger partial charge on any atom is -0.494 e. The van der Waals surface area contributed by atoms with Crippen molar-refractivity contribution < 1.29 is 22.7 Å². The molecule has 1 N–H and O–H groups in total. The first-order chi connectivity index (χ1) is 16.9. The van der Waals surface area contributed by atoms with Gasteiger partial charge in [0.1, 0.15) is 28.9 Å². The first kappa shape index (κ1) is 24.3. The minimum absolute atomic E-state index is 0.191. The van der Waals surface area contributed by atoms with Crippen LogP contribution < -0.4 is 10.1 Å². The largest absolute Gasteiger partial charge is 0.494 e. The number of hydrogen-bond acceptors (Lipinski definition) is 5. The number of halogens is 3. The van der Waals surface area contributed by atoms with Crippen molar-refractivity contribution in [3.05, 3.63) is 84.2 Å². The number of nitrogens with one attached hydrogen (secondary N) is 1. The van der Waals surface area contributed by atoms with Crippen LogP contribution in [0.15, 0.2) is 71.9 Å². The van der Waals surface area contributed by atoms with E-state index in [4.69, 9.17) is 4.74 Å². The second kappa shape index (κ2) is 10.6. The summed E-state index contributed by atoms with van der Waals surface area (Å²) in [6.07, 6.45) is 0. The Balaban J connectivity index is 1.67. The SMILES string of the molecule is CCOc1ccc(-c2nnc(SC(C)C(=O)Nc3c(F)cccc3F)n2-c2ccccc2F)cc1. The Bertz CT molecular complexity index is 1320. The predicted molar refractivity (Wildman–Crippen MR) is 128 cm³/mol. The molecule has 3 aromatic carbocycles. The summed E-state index contributed by atoms with van der Waals surface area (Å²) in [7, 11) is 0. The van der Waals surface area contributed by atoms with E-state index in [-0.39, 0.29) is 10.8 Å². The molecule has 0 spiro atoms. The summed E-state index contributed by atoms with van der Waals surface area (Å²) in [5.41, 5.74) is 0.314. The summed E-state index contributed by atoms with van der Waals surface area (Å²) < 4.78 is 49.7. The van der Waals surface area contributed by atoms with E-state index in [9.17, 15) is 18.0 Å². The molecular formula is C25H21F3N4O2S. The second-order valence-electron chi connectivity index (χ2n) is 7.40. The summed E-state index contributed by atoms with van der Waals surface area (Å²) in [6.45, 7) is 3.95. The molecule has 6 nitrogen and oxygen atoms in total. The number of aromatic nitrogens is 3. The first-order valence-electron chi connectivity index (χ1n) is 10.7. The third kappa shape index (κ3) is 5.32. The van der Waals surface area contributed by atoms with Crippen LogP contribution in [0.25, 0.3) is 17.1 Å². The van der Waals surface area contributed by atoms with Gasteiger partial charge < -0.3 is 10.1 Å². The lowest BCUT2D eigenvalue weighted by atomic mass is 10.2. The van der Waals surface area contributed by atoms with E-state index in [1.165, 1.54) is 16.7 Å². The van der Waals surface area contributed by atoms with E-state index >= 15 is 0 Å². The fraction of sp³-hybridized carbons (Fsp3) is 0.160. The Hall–Kier alpha value is -3.79. The summed E-state index contributed by atoms with van der Waals surface area (Å²) in [6, 6.07) is 16.5. The number of rotatable bonds is 8. The van der Waals surface area contributed by atoms with Gasteiger partial charge in [-0.3, -0.25) is 9.36 Å². The molecule has 0 saturated carbocycles. The molecular weight excluding hydrogens is 477 g/mol. The van der Waals surface area contributed by atoms with E-state index < -0.39 is 34.3 Å². The number of carbonyl (C=O) groups is 1. The second-order valence-corrected chi connectivity index (χ2v) is 8.70. The number of benzene rings is 3. The predicted octanol–water partition coefficient (Wildman–Crippen LogP) is 5.87. The summed E-state index contributed by atoms with van der Waals surface area (Å²) >= 11 is 0.981. The van der Waals surface area contributed by atoms with E-state index in [0.717, 1.165) is 23.9 Å². The number of anilines is 1. The molecule has 0 aliphatic carbocycles. The van der Waals surface area contributed by atoms with E-state index in [1.54, 1.807) is 49.4 Å². The lowest BCUT2D eigenvalue weighted by molar-refractivity contribution is -0.115. The normalized spacial score (nSPS) is 11.8. The number of hydrogen-bond donors (Lipinski definition) is 1. The Morgan fingerprint density at radius 1 is 0.971 bits per heavy atom. The van der Waals surface area contributed by atoms with Gasteiger partial charge in [0.2, 0.25) is 5.91 Å². The molecule has 0 fully saturated rings. The molecule has 4 aromatic rings. The van der Waals surface area contributed by atoms with Gasteiger partial charge in [0.15, 0.2) is 11.0 Å². The van der Waals surface area contributed by atoms with Crippen LogP contribution in [0, 0.1) is 17.5 Å². The zero-order valence-electron chi connectivity index (χ0n) is 18.8. The molecule has 0 aliphatic rings. The minimum atomic E-state index is -0.886. The maximum absolute atomic E-state index is 14.8. The lowest BCUT2D eigenvalue weighted by Gasteiger charge is -2.15. The van der Waals surface area contributed by atoms with Crippen LogP contribution in [0.1, 0.15) is 13.8 Å². The van der Waals surface area contributed by atoms with Crippen molar-refractivity contribution in [2.75, 3.05) is 11.9 Å². The first-order valence-corrected chi connectivity index (χ1v) is 11.6. The number of nitrogens with zero attached hydrogens (tertiary/aromatic N) is 3. The maximum atomic E-state index is 14.8. The van der Waals surface area contributed by atoms with Crippen LogP contribution in [-0.2, 0) is 4.79 Å². The van der Waals surface area contributed by atoms with Crippen molar-refractivity contribution >= 4 is 23.4 Å². The molecule has 1 amide bonds. The van der Waals surface area contributed by atoms with Gasteiger partial charge in [-0.1, -0.05) is 30.0 Å². The van der Waals surface area contributed by atoms with Crippen LogP contribution >= 0.6 is 11.8 Å². The molecule has 1 atom stereocenters. The Morgan fingerprint density at radius 2 is 1.63 bits per heavy atom. The molecule has 0 saturated heterocycles. The highest BCUT2D eigenvalue weighted by molar-refractivity contribution is 8.00. The summed E-state index contributed by atoms with van der Waals surface area (Å²) in [4.78, 5) is 12.7. The third-order valence-corrected chi connectivity index (χ3v) is 6.06. The smallest absolute Gasteiger partial charge is 0.237 e. The van der Waals surface area contributed by atoms with Gasteiger partial charge in [0.25, 0.3) is 0 Å². The van der Waals surface area contributed by atoms with Gasteiger partial charge in [0, 0.05) is 5.56 Å². The summed E-state index contributed by atoms with van der Waals surface area (Å²) in [5.74, 6) is -1.90. The van der Waals surface area contributed by atoms with E-state index in [2.05, 4.69) is 15.5 Å². The molecule has 10 heteroatoms. The van der Waals surface area contributed by atoms with Gasteiger partial charge in [-0.25, -0.2) is 13.2 Å². The van der Waals surface area contributed by atoms with Crippen molar-refractivity contribution in [1.82, 2.24) is 14.8 Å². The highest BCUT2D eigenvalue weighted by Crippen LogP contribution is 2.32. The van der Waals surface area contributed by atoms with Gasteiger partial charge in [-0.2, -0.15) is 0 Å². The number of ether oxygens (including phenoxy) is 1. The van der Waals surface area contributed by atoms with Gasteiger partial charge >= 0.3 is 0 Å². The van der Waals surface area contributed by atoms with Crippen molar-refractivity contribution in [1.29, 1.82) is 0 Å². The topological polar surface area (TPSA) is 69.0 Å². The molecule has 1 unspecified atom stereocenters. The Labute approximate surface area is 204 Å². The highest BCUT2D eigenvalue weighted by Gasteiger charge is 2.24. The van der Waals surface area contributed by atoms with Crippen LogP contribution in [0.5, 0.6) is 5.75 Å². The third-order valence-electron chi connectivity index (χ3n) is 5.01. The Morgan fingerprint density at radius 3 is 2.29 bits per heavy atom. The monoisotopic (exact) mass is 498 g/mol. The van der Waals surface area contributed by atoms with Crippen LogP contribution in [-0.4, -0.2) is 32.5 Å². The van der Waals surface area contributed by atoms with E-state index in [0.29, 0.717) is 23.7 Å². The van der Waals surface area contributed by atoms with Crippen molar-refractivity contribution in [3.63, 3.8) is 0 Å². The number of amides is 1. The molecule has 0 bridgehead atoms. The van der Waals surface area contributed by atoms with Gasteiger partial charge in [-0.05, 0) is 62.4 Å². The molecule has 35 heavy (non-hydrogen) atoms. The molecule has 180 valence electrons. The fourth-order valence-electron chi connectivity index (χ4n) is 3.30. The zero-order valence-corrected chi connectivity index (χ0v) is 19.7. The number of carbonyl (C=O) groups excluding carboxylic acids is 1. The van der Waals surface area contributed by atoms with Crippen LogP contribution in [0.2, 0.25) is 0 Å². The fourth-order valence-corrected chi connectivity index (χ4v) is 4.16. The number of para-hydroxylation sites is 2. The van der Waals surface area contributed by atoms with Crippen molar-refractivity contribution in [3.8, 4) is 22.8 Å². The zero-order chi connectivity index (χ0) is 24.9. The van der Waals surface area contributed by atoms with Crippen LogP contribution in [0.3, 0.4) is 0 Å². The van der Waals surface area contributed by atoms with Gasteiger partial charge in [0.05, 0.1) is 17.5 Å². The lowest BCUT2D eigenvalue weighted by Crippen LogP contribution is -2.24.